The number of benzene rings is 1. The summed E-state index contributed by atoms with van der Waals surface area (Å²) in [6, 6.07) is 6.75. The van der Waals surface area contributed by atoms with Crippen LogP contribution in [0.3, 0.4) is 0 Å². The van der Waals surface area contributed by atoms with Crippen molar-refractivity contribution in [3.63, 3.8) is 0 Å². The Balaban J connectivity index is 1.62. The molecule has 3 atom stereocenters. The van der Waals surface area contributed by atoms with E-state index in [0.29, 0.717) is 12.6 Å². The van der Waals surface area contributed by atoms with Crippen LogP contribution in [0.15, 0.2) is 22.7 Å². The zero-order chi connectivity index (χ0) is 19.4. The summed E-state index contributed by atoms with van der Waals surface area (Å²) in [5.41, 5.74) is 3.06. The van der Waals surface area contributed by atoms with Gasteiger partial charge in [-0.1, -0.05) is 37.9 Å². The number of rotatable bonds is 7. The van der Waals surface area contributed by atoms with E-state index in [-0.39, 0.29) is 0 Å². The van der Waals surface area contributed by atoms with E-state index in [1.807, 2.05) is 19.9 Å². The molecule has 5 heteroatoms. The number of methoxy groups -OCH3 is 1. The van der Waals surface area contributed by atoms with E-state index in [1.54, 1.807) is 7.11 Å². The molecule has 0 bridgehead atoms. The Morgan fingerprint density at radius 2 is 2.00 bits per heavy atom. The van der Waals surface area contributed by atoms with E-state index >= 15 is 0 Å². The second-order valence-electron chi connectivity index (χ2n) is 7.83. The fourth-order valence-electron chi connectivity index (χ4n) is 3.92. The Hall–Kier alpha value is -2.01. The van der Waals surface area contributed by atoms with Crippen LogP contribution in [0.4, 0.5) is 0 Å². The fourth-order valence-corrected chi connectivity index (χ4v) is 3.92. The summed E-state index contributed by atoms with van der Waals surface area (Å²) < 4.78 is 16.7. The lowest BCUT2D eigenvalue weighted by Gasteiger charge is -2.34. The smallest absolute Gasteiger partial charge is 0.161 e. The maximum atomic E-state index is 5.97. The Labute approximate surface area is 162 Å². The molecule has 0 saturated heterocycles. The second kappa shape index (κ2) is 8.79. The molecule has 27 heavy (non-hydrogen) atoms. The molecule has 1 aliphatic carbocycles. The first-order valence-electron chi connectivity index (χ1n) is 9.94. The second-order valence-corrected chi connectivity index (χ2v) is 7.83. The first-order chi connectivity index (χ1) is 13.0. The topological polar surface area (TPSA) is 56.5 Å². The zero-order valence-corrected chi connectivity index (χ0v) is 17.2. The van der Waals surface area contributed by atoms with Crippen LogP contribution in [0.5, 0.6) is 11.5 Å². The van der Waals surface area contributed by atoms with Crippen LogP contribution < -0.4 is 14.8 Å². The summed E-state index contributed by atoms with van der Waals surface area (Å²) in [5, 5.41) is 7.71. The fraction of sp³-hybridized carbons (Fsp3) is 0.591. The van der Waals surface area contributed by atoms with Crippen molar-refractivity contribution in [3.05, 3.63) is 40.8 Å². The lowest BCUT2D eigenvalue weighted by atomic mass is 9.78. The molecule has 1 saturated carbocycles. The van der Waals surface area contributed by atoms with Gasteiger partial charge >= 0.3 is 0 Å². The van der Waals surface area contributed by atoms with E-state index in [9.17, 15) is 0 Å². The standard InChI is InChI=1S/C22H32N2O3/c1-14-7-6-8-20(15(14)2)23-12-18-9-10-21(22(11-18)25-5)26-13-19-16(3)24-27-17(19)4/h9-11,14-15,20,23H,6-8,12-13H2,1-5H3. The summed E-state index contributed by atoms with van der Waals surface area (Å²) >= 11 is 0. The van der Waals surface area contributed by atoms with E-state index in [4.69, 9.17) is 14.0 Å². The van der Waals surface area contributed by atoms with Gasteiger partial charge in [0.2, 0.25) is 0 Å². The van der Waals surface area contributed by atoms with E-state index in [1.165, 1.54) is 24.8 Å². The minimum absolute atomic E-state index is 0.423. The molecule has 0 aliphatic heterocycles. The molecule has 3 rings (SSSR count). The molecule has 1 heterocycles. The van der Waals surface area contributed by atoms with Gasteiger partial charge in [-0.05, 0) is 49.8 Å². The van der Waals surface area contributed by atoms with Crippen LogP contribution in [0.1, 0.15) is 55.7 Å². The van der Waals surface area contributed by atoms with Gasteiger partial charge in [0.15, 0.2) is 11.5 Å². The third kappa shape index (κ3) is 4.64. The van der Waals surface area contributed by atoms with Gasteiger partial charge in [0, 0.05) is 12.6 Å². The number of ether oxygens (including phenoxy) is 2. The van der Waals surface area contributed by atoms with Crippen LogP contribution in [0.2, 0.25) is 0 Å². The summed E-state index contributed by atoms with van der Waals surface area (Å²) in [5.74, 6) is 3.80. The summed E-state index contributed by atoms with van der Waals surface area (Å²) in [6.07, 6.45) is 3.94. The Morgan fingerprint density at radius 3 is 2.70 bits per heavy atom. The highest BCUT2D eigenvalue weighted by Crippen LogP contribution is 2.31. The van der Waals surface area contributed by atoms with Crippen molar-refractivity contribution in [2.24, 2.45) is 11.8 Å². The molecular weight excluding hydrogens is 340 g/mol. The lowest BCUT2D eigenvalue weighted by molar-refractivity contribution is 0.206. The summed E-state index contributed by atoms with van der Waals surface area (Å²) in [4.78, 5) is 0. The molecule has 5 nitrogen and oxygen atoms in total. The minimum atomic E-state index is 0.423. The Morgan fingerprint density at radius 1 is 1.19 bits per heavy atom. The average Bonchev–Trinajstić information content (AvgIpc) is 2.99. The van der Waals surface area contributed by atoms with Gasteiger partial charge in [-0.15, -0.1) is 0 Å². The predicted octanol–water partition coefficient (Wildman–Crippen LogP) is 4.79. The van der Waals surface area contributed by atoms with Crippen LogP contribution >= 0.6 is 0 Å². The first kappa shape index (κ1) is 19.7. The molecule has 1 aromatic carbocycles. The van der Waals surface area contributed by atoms with Crippen molar-refractivity contribution in [2.45, 2.75) is 66.2 Å². The van der Waals surface area contributed by atoms with E-state index < -0.39 is 0 Å². The maximum absolute atomic E-state index is 5.97. The average molecular weight is 373 g/mol. The van der Waals surface area contributed by atoms with Crippen molar-refractivity contribution in [1.82, 2.24) is 10.5 Å². The molecule has 2 aromatic rings. The SMILES string of the molecule is COc1cc(CNC2CCCC(C)C2C)ccc1OCc1c(C)noc1C. The predicted molar refractivity (Wildman–Crippen MR) is 106 cm³/mol. The molecular formula is C22H32N2O3. The van der Waals surface area contributed by atoms with Crippen LogP contribution in [0.25, 0.3) is 0 Å². The third-order valence-electron chi connectivity index (χ3n) is 6.06. The highest BCUT2D eigenvalue weighted by atomic mass is 16.5. The van der Waals surface area contributed by atoms with Crippen LogP contribution in [-0.4, -0.2) is 18.3 Å². The maximum Gasteiger partial charge on any atom is 0.161 e. The first-order valence-corrected chi connectivity index (χ1v) is 9.94. The molecule has 1 fully saturated rings. The lowest BCUT2D eigenvalue weighted by Crippen LogP contribution is -2.40. The van der Waals surface area contributed by atoms with Crippen molar-refractivity contribution < 1.29 is 14.0 Å². The van der Waals surface area contributed by atoms with Crippen LogP contribution in [-0.2, 0) is 13.2 Å². The molecule has 0 spiro atoms. The van der Waals surface area contributed by atoms with Crippen molar-refractivity contribution in [3.8, 4) is 11.5 Å². The third-order valence-corrected chi connectivity index (χ3v) is 6.06. The van der Waals surface area contributed by atoms with Crippen molar-refractivity contribution >= 4 is 0 Å². The number of nitrogens with zero attached hydrogens (tertiary/aromatic N) is 1. The largest absolute Gasteiger partial charge is 0.493 e. The summed E-state index contributed by atoms with van der Waals surface area (Å²) in [7, 11) is 1.68. The van der Waals surface area contributed by atoms with E-state index in [2.05, 4.69) is 36.5 Å². The number of aryl methyl sites for hydroxylation is 2. The molecule has 1 aromatic heterocycles. The number of hydrogen-bond acceptors (Lipinski definition) is 5. The van der Waals surface area contributed by atoms with Gasteiger partial charge < -0.3 is 19.3 Å². The zero-order valence-electron chi connectivity index (χ0n) is 17.2. The van der Waals surface area contributed by atoms with Crippen LogP contribution in [0, 0.1) is 25.7 Å². The minimum Gasteiger partial charge on any atom is -0.493 e. The molecule has 3 unspecified atom stereocenters. The number of nitrogens with one attached hydrogen (secondary N) is 1. The van der Waals surface area contributed by atoms with Gasteiger partial charge in [-0.2, -0.15) is 0 Å². The highest BCUT2D eigenvalue weighted by Gasteiger charge is 2.26. The van der Waals surface area contributed by atoms with Crippen molar-refractivity contribution in [1.29, 1.82) is 0 Å². The highest BCUT2D eigenvalue weighted by molar-refractivity contribution is 5.43. The van der Waals surface area contributed by atoms with Gasteiger partial charge in [0.05, 0.1) is 18.4 Å². The Kier molecular flexibility index (Phi) is 6.42. The molecule has 148 valence electrons. The quantitative estimate of drug-likeness (QED) is 0.757. The van der Waals surface area contributed by atoms with Gasteiger partial charge in [0.1, 0.15) is 12.4 Å². The van der Waals surface area contributed by atoms with Crippen molar-refractivity contribution in [2.75, 3.05) is 7.11 Å². The molecule has 1 N–H and O–H groups in total. The van der Waals surface area contributed by atoms with Gasteiger partial charge in [-0.3, -0.25) is 0 Å². The summed E-state index contributed by atoms with van der Waals surface area (Å²) in [6.45, 7) is 9.83. The molecule has 0 radical (unpaired) electrons. The van der Waals surface area contributed by atoms with Gasteiger partial charge in [0.25, 0.3) is 0 Å². The van der Waals surface area contributed by atoms with E-state index in [0.717, 1.165) is 46.9 Å². The monoisotopic (exact) mass is 372 g/mol. The normalized spacial score (nSPS) is 22.6. The van der Waals surface area contributed by atoms with Gasteiger partial charge in [-0.25, -0.2) is 0 Å². The Bertz CT molecular complexity index is 737. The number of aromatic nitrogens is 1. The molecule has 1 aliphatic rings. The molecule has 0 amide bonds. The number of hydrogen-bond donors (Lipinski definition) is 1.